The van der Waals surface area contributed by atoms with Crippen LogP contribution in [0.25, 0.3) is 0 Å². The third kappa shape index (κ3) is 11.9. The number of ether oxygens (including phenoxy) is 1. The molecule has 0 bridgehead atoms. The minimum absolute atomic E-state index is 0.275. The van der Waals surface area contributed by atoms with Gasteiger partial charge in [-0.1, -0.05) is 19.8 Å². The summed E-state index contributed by atoms with van der Waals surface area (Å²) < 4.78 is 46.6. The molecular weight excluding hydrogens is 305 g/mol. The van der Waals surface area contributed by atoms with E-state index in [9.17, 15) is 18.0 Å². The molecule has 0 aromatic carbocycles. The van der Waals surface area contributed by atoms with Gasteiger partial charge in [0.1, 0.15) is 0 Å². The highest BCUT2D eigenvalue weighted by molar-refractivity contribution is 6.77. The van der Waals surface area contributed by atoms with Crippen LogP contribution in [0.1, 0.15) is 32.6 Å². The maximum Gasteiger partial charge on any atom is 0.391 e. The molecule has 0 aromatic rings. The molecule has 0 rings (SSSR count). The molecule has 0 spiro atoms. The SMILES string of the molecule is CCCC[Si](C)(CCCOCCC(F)(F)F)O[SiH](C)O. The summed E-state index contributed by atoms with van der Waals surface area (Å²) in [6.07, 6.45) is -2.19. The van der Waals surface area contributed by atoms with E-state index in [-0.39, 0.29) is 6.61 Å². The van der Waals surface area contributed by atoms with Gasteiger partial charge < -0.3 is 13.6 Å². The van der Waals surface area contributed by atoms with Crippen molar-refractivity contribution in [3.63, 3.8) is 0 Å². The summed E-state index contributed by atoms with van der Waals surface area (Å²) in [4.78, 5) is 9.51. The Morgan fingerprint density at radius 3 is 2.25 bits per heavy atom. The van der Waals surface area contributed by atoms with Crippen molar-refractivity contribution in [1.29, 1.82) is 0 Å². The highest BCUT2D eigenvalue weighted by Crippen LogP contribution is 2.23. The number of alkyl halides is 3. The molecule has 3 nitrogen and oxygen atoms in total. The quantitative estimate of drug-likeness (QED) is 0.464. The van der Waals surface area contributed by atoms with Gasteiger partial charge >= 0.3 is 15.5 Å². The first-order chi connectivity index (χ1) is 9.18. The Bertz CT molecular complexity index is 253. The zero-order valence-corrected chi connectivity index (χ0v) is 14.8. The van der Waals surface area contributed by atoms with Gasteiger partial charge in [0, 0.05) is 6.61 Å². The van der Waals surface area contributed by atoms with Gasteiger partial charge in [0.05, 0.1) is 13.0 Å². The van der Waals surface area contributed by atoms with Gasteiger partial charge in [-0.05, 0) is 31.6 Å². The number of unbranched alkanes of at least 4 members (excludes halogenated alkanes) is 1. The molecule has 0 saturated heterocycles. The number of rotatable bonds is 11. The first-order valence-electron chi connectivity index (χ1n) is 7.19. The summed E-state index contributed by atoms with van der Waals surface area (Å²) in [6, 6.07) is 1.82. The number of hydrogen-bond donors (Lipinski definition) is 1. The third-order valence-corrected chi connectivity index (χ3v) is 9.50. The molecule has 0 saturated carbocycles. The van der Waals surface area contributed by atoms with Crippen LogP contribution < -0.4 is 0 Å². The normalized spacial score (nSPS) is 16.9. The standard InChI is InChI=1S/C12H27F3O3Si2/c1-4-5-10-20(3,18-19(2)16)11-6-8-17-9-7-12(13,14)15/h16,19H,4-11H2,1-3H3. The van der Waals surface area contributed by atoms with Gasteiger partial charge in [-0.3, -0.25) is 0 Å². The van der Waals surface area contributed by atoms with Crippen LogP contribution in [0.3, 0.4) is 0 Å². The van der Waals surface area contributed by atoms with Crippen molar-refractivity contribution in [3.05, 3.63) is 0 Å². The van der Waals surface area contributed by atoms with E-state index in [0.29, 0.717) is 13.0 Å². The van der Waals surface area contributed by atoms with E-state index in [1.165, 1.54) is 0 Å². The molecule has 2 unspecified atom stereocenters. The summed E-state index contributed by atoms with van der Waals surface area (Å²) in [6.45, 7) is 5.99. The maximum atomic E-state index is 11.9. The van der Waals surface area contributed by atoms with Crippen molar-refractivity contribution < 1.29 is 26.8 Å². The van der Waals surface area contributed by atoms with Gasteiger partial charge in [-0.15, -0.1) is 0 Å². The summed E-state index contributed by atoms with van der Waals surface area (Å²) in [5.41, 5.74) is 0. The summed E-state index contributed by atoms with van der Waals surface area (Å²) in [5.74, 6) is 0. The van der Waals surface area contributed by atoms with E-state index in [0.717, 1.165) is 24.9 Å². The number of hydrogen-bond acceptors (Lipinski definition) is 3. The lowest BCUT2D eigenvalue weighted by Crippen LogP contribution is -2.39. The van der Waals surface area contributed by atoms with Crippen molar-refractivity contribution in [2.75, 3.05) is 13.2 Å². The molecule has 0 aromatic heterocycles. The van der Waals surface area contributed by atoms with Crippen molar-refractivity contribution in [2.24, 2.45) is 0 Å². The fourth-order valence-corrected chi connectivity index (χ4v) is 8.52. The summed E-state index contributed by atoms with van der Waals surface area (Å²) >= 11 is 0. The van der Waals surface area contributed by atoms with Gasteiger partial charge in [-0.25, -0.2) is 0 Å². The van der Waals surface area contributed by atoms with Gasteiger partial charge in [-0.2, -0.15) is 13.2 Å². The average Bonchev–Trinajstić information content (AvgIpc) is 2.29. The molecule has 122 valence electrons. The van der Waals surface area contributed by atoms with Crippen LogP contribution in [-0.4, -0.2) is 41.8 Å². The first kappa shape index (κ1) is 20.1. The highest BCUT2D eigenvalue weighted by Gasteiger charge is 2.30. The van der Waals surface area contributed by atoms with Crippen molar-refractivity contribution >= 4 is 17.6 Å². The molecule has 20 heavy (non-hydrogen) atoms. The molecule has 0 aliphatic carbocycles. The monoisotopic (exact) mass is 332 g/mol. The Hall–Kier alpha value is 0.104. The third-order valence-electron chi connectivity index (χ3n) is 3.04. The molecular formula is C12H27F3O3Si2. The Balaban J connectivity index is 3.90. The molecule has 0 heterocycles. The topological polar surface area (TPSA) is 38.7 Å². The fraction of sp³-hybridized carbons (Fsp3) is 1.00. The minimum Gasteiger partial charge on any atom is -0.438 e. The second-order valence-electron chi connectivity index (χ2n) is 5.35. The minimum atomic E-state index is -4.15. The van der Waals surface area contributed by atoms with Gasteiger partial charge in [0.15, 0.2) is 8.32 Å². The predicted molar refractivity (Wildman–Crippen MR) is 78.6 cm³/mol. The average molecular weight is 333 g/mol. The van der Waals surface area contributed by atoms with E-state index in [2.05, 4.69) is 13.5 Å². The molecule has 0 amide bonds. The molecule has 1 N–H and O–H groups in total. The van der Waals surface area contributed by atoms with E-state index in [1.54, 1.807) is 6.55 Å². The van der Waals surface area contributed by atoms with Gasteiger partial charge in [0.2, 0.25) is 0 Å². The van der Waals surface area contributed by atoms with Crippen LogP contribution in [0.15, 0.2) is 0 Å². The molecule has 0 aliphatic rings. The summed E-state index contributed by atoms with van der Waals surface area (Å²) in [7, 11) is -3.97. The molecule has 2 atom stereocenters. The fourth-order valence-electron chi connectivity index (χ4n) is 2.04. The second-order valence-corrected chi connectivity index (χ2v) is 11.4. The largest absolute Gasteiger partial charge is 0.438 e. The van der Waals surface area contributed by atoms with E-state index in [1.807, 2.05) is 0 Å². The summed E-state index contributed by atoms with van der Waals surface area (Å²) in [5, 5.41) is 0. The predicted octanol–water partition coefficient (Wildman–Crippen LogP) is 3.58. The molecule has 0 fully saturated rings. The van der Waals surface area contributed by atoms with Gasteiger partial charge in [0.25, 0.3) is 0 Å². The lowest BCUT2D eigenvalue weighted by atomic mass is 10.4. The van der Waals surface area contributed by atoms with Crippen LogP contribution in [0.2, 0.25) is 25.2 Å². The van der Waals surface area contributed by atoms with Crippen LogP contribution >= 0.6 is 0 Å². The Morgan fingerprint density at radius 2 is 1.75 bits per heavy atom. The Morgan fingerprint density at radius 1 is 1.15 bits per heavy atom. The van der Waals surface area contributed by atoms with Crippen molar-refractivity contribution in [3.8, 4) is 0 Å². The maximum absolute atomic E-state index is 11.9. The second kappa shape index (κ2) is 9.94. The van der Waals surface area contributed by atoms with E-state index < -0.39 is 30.2 Å². The molecule has 0 aliphatic heterocycles. The smallest absolute Gasteiger partial charge is 0.391 e. The highest BCUT2D eigenvalue weighted by atomic mass is 28.4. The lowest BCUT2D eigenvalue weighted by molar-refractivity contribution is -0.145. The van der Waals surface area contributed by atoms with E-state index in [4.69, 9.17) is 8.85 Å². The molecule has 0 radical (unpaired) electrons. The first-order valence-corrected chi connectivity index (χ1v) is 12.2. The van der Waals surface area contributed by atoms with Crippen LogP contribution in [0, 0.1) is 0 Å². The zero-order valence-electron chi connectivity index (χ0n) is 12.6. The van der Waals surface area contributed by atoms with Crippen molar-refractivity contribution in [2.45, 2.75) is 64.0 Å². The van der Waals surface area contributed by atoms with E-state index >= 15 is 0 Å². The van der Waals surface area contributed by atoms with Crippen LogP contribution in [-0.2, 0) is 8.85 Å². The lowest BCUT2D eigenvalue weighted by Gasteiger charge is -2.29. The Kier molecular flexibility index (Phi) is 9.99. The number of halogens is 3. The zero-order chi connectivity index (χ0) is 15.6. The van der Waals surface area contributed by atoms with Crippen molar-refractivity contribution in [1.82, 2.24) is 0 Å². The Labute approximate surface area is 122 Å². The molecule has 8 heteroatoms. The van der Waals surface area contributed by atoms with Crippen LogP contribution in [0.4, 0.5) is 13.2 Å². The van der Waals surface area contributed by atoms with Crippen LogP contribution in [0.5, 0.6) is 0 Å².